The molecule has 0 saturated heterocycles. The van der Waals surface area contributed by atoms with Gasteiger partial charge >= 0.3 is 12.7 Å². The van der Waals surface area contributed by atoms with Crippen LogP contribution < -0.4 is 21.5 Å². The largest absolute Gasteiger partial charge is 0.402 e. The molecular weight excluding hydrogens is 594 g/mol. The highest BCUT2D eigenvalue weighted by atomic mass is 32.1. The van der Waals surface area contributed by atoms with E-state index in [9.17, 15) is 18.4 Å². The van der Waals surface area contributed by atoms with Gasteiger partial charge in [-0.3, -0.25) is 14.6 Å². The number of halogens is 2. The highest BCUT2D eigenvalue weighted by Gasteiger charge is 2.23. The van der Waals surface area contributed by atoms with E-state index in [1.807, 2.05) is 20.8 Å². The SMILES string of the molecule is CCOC1CCC(N=C/C(NC(=O)c2csc(-c3c[nH][n+](COC(=O)[C@@H](N)C(C)C)c3)n2)=C(\N)c2nc(F)ccc2F)CC1. The van der Waals surface area contributed by atoms with Crippen LogP contribution in [0.3, 0.4) is 0 Å². The molecule has 6 N–H and O–H groups in total. The number of nitrogens with two attached hydrogens (primary N) is 2. The van der Waals surface area contributed by atoms with Gasteiger partial charge in [-0.15, -0.1) is 11.3 Å². The molecule has 0 spiro atoms. The van der Waals surface area contributed by atoms with Gasteiger partial charge in [-0.2, -0.15) is 9.49 Å². The van der Waals surface area contributed by atoms with Gasteiger partial charge in [0.25, 0.3) is 5.91 Å². The molecule has 1 aliphatic rings. The highest BCUT2D eigenvalue weighted by molar-refractivity contribution is 7.13. The number of nitrogens with zero attached hydrogens (tertiary/aromatic N) is 4. The Hall–Kier alpha value is -4.08. The van der Waals surface area contributed by atoms with Gasteiger partial charge in [0.1, 0.15) is 22.4 Å². The summed E-state index contributed by atoms with van der Waals surface area (Å²) < 4.78 is 40.9. The second-order valence-corrected chi connectivity index (χ2v) is 11.5. The second-order valence-electron chi connectivity index (χ2n) is 10.6. The van der Waals surface area contributed by atoms with E-state index in [0.717, 1.165) is 37.8 Å². The predicted molar refractivity (Wildman–Crippen MR) is 160 cm³/mol. The molecule has 3 heterocycles. The first-order valence-corrected chi connectivity index (χ1v) is 15.2. The normalized spacial score (nSPS) is 18.3. The third-order valence-corrected chi connectivity index (χ3v) is 7.96. The summed E-state index contributed by atoms with van der Waals surface area (Å²) >= 11 is 1.21. The van der Waals surface area contributed by atoms with Crippen LogP contribution in [0.5, 0.6) is 0 Å². The Balaban J connectivity index is 1.49. The number of carbonyl (C=O) groups is 2. The number of amides is 1. The van der Waals surface area contributed by atoms with Crippen LogP contribution in [-0.4, -0.2) is 58.0 Å². The number of esters is 1. The molecule has 44 heavy (non-hydrogen) atoms. The van der Waals surface area contributed by atoms with Crippen LogP contribution in [0, 0.1) is 17.7 Å². The van der Waals surface area contributed by atoms with Crippen molar-refractivity contribution >= 4 is 35.1 Å². The van der Waals surface area contributed by atoms with E-state index in [0.29, 0.717) is 17.2 Å². The summed E-state index contributed by atoms with van der Waals surface area (Å²) in [6.07, 6.45) is 8.07. The molecule has 0 aliphatic heterocycles. The summed E-state index contributed by atoms with van der Waals surface area (Å²) in [5.41, 5.74) is 12.0. The van der Waals surface area contributed by atoms with Crippen molar-refractivity contribution in [3.8, 4) is 10.6 Å². The second kappa shape index (κ2) is 15.1. The molecule has 3 aromatic rings. The van der Waals surface area contributed by atoms with Gasteiger partial charge in [0.15, 0.2) is 5.82 Å². The first-order valence-electron chi connectivity index (χ1n) is 14.3. The van der Waals surface area contributed by atoms with Gasteiger partial charge < -0.3 is 26.3 Å². The summed E-state index contributed by atoms with van der Waals surface area (Å²) in [7, 11) is 0. The Labute approximate surface area is 257 Å². The smallest absolute Gasteiger partial charge is 0.328 e. The number of pyridine rings is 1. The van der Waals surface area contributed by atoms with Crippen LogP contribution in [0.2, 0.25) is 0 Å². The van der Waals surface area contributed by atoms with Crippen molar-refractivity contribution in [2.75, 3.05) is 6.61 Å². The molecule has 4 rings (SSSR count). The Morgan fingerprint density at radius 3 is 2.70 bits per heavy atom. The zero-order chi connectivity index (χ0) is 31.8. The van der Waals surface area contributed by atoms with Gasteiger partial charge in [-0.25, -0.2) is 14.4 Å². The summed E-state index contributed by atoms with van der Waals surface area (Å²) in [5.74, 6) is -2.99. The molecule has 1 saturated carbocycles. The third-order valence-electron chi connectivity index (χ3n) is 7.07. The fraction of sp³-hybridized carbons (Fsp3) is 0.448. The maximum atomic E-state index is 14.6. The van der Waals surface area contributed by atoms with Crippen LogP contribution >= 0.6 is 11.3 Å². The number of hydrogen-bond donors (Lipinski definition) is 4. The zero-order valence-electron chi connectivity index (χ0n) is 24.8. The predicted octanol–water partition coefficient (Wildman–Crippen LogP) is 3.06. The minimum Gasteiger partial charge on any atom is -0.402 e. The maximum absolute atomic E-state index is 14.6. The van der Waals surface area contributed by atoms with Crippen LogP contribution in [0.4, 0.5) is 8.78 Å². The van der Waals surface area contributed by atoms with Gasteiger partial charge in [-0.05, 0) is 50.7 Å². The Bertz CT molecular complexity index is 1510. The monoisotopic (exact) mass is 631 g/mol. The number of aromatic amines is 1. The summed E-state index contributed by atoms with van der Waals surface area (Å²) in [6.45, 7) is 6.17. The van der Waals surface area contributed by atoms with E-state index in [-0.39, 0.29) is 41.9 Å². The molecular formula is C29H37F2N8O4S+. The fourth-order valence-electron chi connectivity index (χ4n) is 4.47. The summed E-state index contributed by atoms with van der Waals surface area (Å²) in [6, 6.07) is 1.00. The third kappa shape index (κ3) is 8.51. The van der Waals surface area contributed by atoms with Crippen LogP contribution in [0.1, 0.15) is 62.6 Å². The van der Waals surface area contributed by atoms with Crippen LogP contribution in [0.15, 0.2) is 40.6 Å². The lowest BCUT2D eigenvalue weighted by molar-refractivity contribution is -0.777. The highest BCUT2D eigenvalue weighted by Crippen LogP contribution is 2.25. The number of aromatic nitrogens is 4. The number of aliphatic imine (C=N–C) groups is 1. The van der Waals surface area contributed by atoms with E-state index >= 15 is 0 Å². The average Bonchev–Trinajstić information content (AvgIpc) is 3.69. The number of ether oxygens (including phenoxy) is 2. The van der Waals surface area contributed by atoms with Crippen molar-refractivity contribution in [2.45, 2.75) is 71.4 Å². The molecule has 3 aromatic heterocycles. The average molecular weight is 632 g/mol. The van der Waals surface area contributed by atoms with Gasteiger partial charge in [0.05, 0.1) is 35.3 Å². The standard InChI is InChI=1S/C29H36F2N8O4S/c1-4-42-19-7-5-18(6-8-19)34-12-21(25(33)26-20(30)9-10-23(31)38-26)36-27(40)22-14-44-28(37-22)17-11-35-39(13-17)15-43-29(41)24(32)16(2)3/h9-14,16,18-19,24H,4-8,15,32H2,1-3H3,(H3,33,34,36,38,40)/p+1/t18?,19?,24-/m0/s1. The van der Waals surface area contributed by atoms with E-state index in [1.54, 1.807) is 17.8 Å². The molecule has 15 heteroatoms. The van der Waals surface area contributed by atoms with Crippen molar-refractivity contribution in [1.82, 2.24) is 20.4 Å². The van der Waals surface area contributed by atoms with Crippen molar-refractivity contribution < 1.29 is 32.5 Å². The number of nitrogens with one attached hydrogen (secondary N) is 2. The molecule has 236 valence electrons. The van der Waals surface area contributed by atoms with Crippen molar-refractivity contribution in [3.63, 3.8) is 0 Å². The number of rotatable bonds is 12. The lowest BCUT2D eigenvalue weighted by atomic mass is 9.93. The van der Waals surface area contributed by atoms with Crippen molar-refractivity contribution in [3.05, 3.63) is 58.8 Å². The quantitative estimate of drug-likeness (QED) is 0.102. The van der Waals surface area contributed by atoms with Gasteiger partial charge in [-0.1, -0.05) is 18.5 Å². The molecule has 0 radical (unpaired) electrons. The van der Waals surface area contributed by atoms with E-state index in [2.05, 4.69) is 25.4 Å². The van der Waals surface area contributed by atoms with Crippen molar-refractivity contribution in [1.29, 1.82) is 0 Å². The minimum atomic E-state index is -0.924. The van der Waals surface area contributed by atoms with Crippen molar-refractivity contribution in [2.24, 2.45) is 22.4 Å². The molecule has 1 fully saturated rings. The zero-order valence-corrected chi connectivity index (χ0v) is 25.6. The number of allylic oxidation sites excluding steroid dienone is 1. The lowest BCUT2D eigenvalue weighted by Crippen LogP contribution is -2.42. The molecule has 0 unspecified atom stereocenters. The first-order chi connectivity index (χ1) is 21.0. The van der Waals surface area contributed by atoms with Crippen LogP contribution in [-0.2, 0) is 21.0 Å². The molecule has 1 atom stereocenters. The fourth-order valence-corrected chi connectivity index (χ4v) is 5.25. The van der Waals surface area contributed by atoms with E-state index in [4.69, 9.17) is 20.9 Å². The molecule has 0 aromatic carbocycles. The van der Waals surface area contributed by atoms with Gasteiger partial charge in [0.2, 0.25) is 12.1 Å². The Kier molecular flexibility index (Phi) is 11.3. The Morgan fingerprint density at radius 1 is 1.25 bits per heavy atom. The van der Waals surface area contributed by atoms with Crippen LogP contribution in [0.25, 0.3) is 16.3 Å². The molecule has 1 amide bonds. The number of H-pyrrole nitrogens is 1. The van der Waals surface area contributed by atoms with E-state index in [1.165, 1.54) is 22.2 Å². The summed E-state index contributed by atoms with van der Waals surface area (Å²) in [5, 5.41) is 7.64. The number of thiazole rings is 1. The molecule has 1 aliphatic carbocycles. The Morgan fingerprint density at radius 2 is 2.00 bits per heavy atom. The number of hydrogen-bond acceptors (Lipinski definition) is 10. The van der Waals surface area contributed by atoms with E-state index < -0.39 is 35.4 Å². The number of carbonyl (C=O) groups excluding carboxylic acids is 2. The first kappa shape index (κ1) is 32.8. The molecule has 0 bridgehead atoms. The molecule has 12 nitrogen and oxygen atoms in total. The van der Waals surface area contributed by atoms with Gasteiger partial charge in [0, 0.05) is 18.2 Å². The maximum Gasteiger partial charge on any atom is 0.328 e. The minimum absolute atomic E-state index is 0.0330. The lowest BCUT2D eigenvalue weighted by Gasteiger charge is -2.26. The summed E-state index contributed by atoms with van der Waals surface area (Å²) in [4.78, 5) is 37.9. The topological polar surface area (TPSA) is 174 Å².